The van der Waals surface area contributed by atoms with E-state index < -0.39 is 0 Å². The van der Waals surface area contributed by atoms with Crippen LogP contribution < -0.4 is 5.73 Å². The normalized spacial score (nSPS) is 24.9. The summed E-state index contributed by atoms with van der Waals surface area (Å²) < 4.78 is 5.51. The first-order chi connectivity index (χ1) is 7.72. The van der Waals surface area contributed by atoms with Crippen molar-refractivity contribution >= 4 is 0 Å². The average molecular weight is 217 g/mol. The third-order valence-electron chi connectivity index (χ3n) is 4.53. The predicted molar refractivity (Wildman–Crippen MR) is 64.4 cm³/mol. The fraction of sp³-hybridized carbons (Fsp3) is 0.571. The monoisotopic (exact) mass is 217 g/mol. The van der Waals surface area contributed by atoms with Crippen LogP contribution in [-0.2, 0) is 10.2 Å². The van der Waals surface area contributed by atoms with Gasteiger partial charge < -0.3 is 10.5 Å². The molecule has 1 aromatic carbocycles. The fourth-order valence-corrected chi connectivity index (χ4v) is 3.06. The molecule has 2 aliphatic rings. The Bertz CT molecular complexity index is 405. The molecule has 0 atom stereocenters. The van der Waals surface area contributed by atoms with Crippen molar-refractivity contribution in [1.82, 2.24) is 0 Å². The van der Waals surface area contributed by atoms with Crippen molar-refractivity contribution in [1.29, 1.82) is 0 Å². The van der Waals surface area contributed by atoms with E-state index in [0.717, 1.165) is 19.8 Å². The molecule has 0 radical (unpaired) electrons. The summed E-state index contributed by atoms with van der Waals surface area (Å²) in [5.74, 6) is 0. The minimum atomic E-state index is 0.216. The second-order valence-corrected chi connectivity index (χ2v) is 5.43. The summed E-state index contributed by atoms with van der Waals surface area (Å²) in [7, 11) is 0. The molecule has 1 saturated carbocycles. The number of hydrogen-bond acceptors (Lipinski definition) is 2. The third-order valence-corrected chi connectivity index (χ3v) is 4.53. The van der Waals surface area contributed by atoms with Gasteiger partial charge in [0.25, 0.3) is 0 Å². The van der Waals surface area contributed by atoms with E-state index in [-0.39, 0.29) is 5.41 Å². The molecule has 1 aliphatic heterocycles. The van der Waals surface area contributed by atoms with Crippen LogP contribution in [0.3, 0.4) is 0 Å². The molecule has 2 fully saturated rings. The Hall–Kier alpha value is -0.860. The van der Waals surface area contributed by atoms with E-state index in [1.807, 2.05) is 0 Å². The van der Waals surface area contributed by atoms with Crippen molar-refractivity contribution in [3.05, 3.63) is 35.4 Å². The molecule has 2 heteroatoms. The predicted octanol–water partition coefficient (Wildman–Crippen LogP) is 2.00. The van der Waals surface area contributed by atoms with Gasteiger partial charge in [0, 0.05) is 5.41 Å². The Labute approximate surface area is 96.8 Å². The molecule has 0 bridgehead atoms. The van der Waals surface area contributed by atoms with E-state index in [0.29, 0.717) is 5.41 Å². The van der Waals surface area contributed by atoms with Crippen LogP contribution in [0.1, 0.15) is 24.0 Å². The molecule has 0 spiro atoms. The van der Waals surface area contributed by atoms with Gasteiger partial charge in [-0.25, -0.2) is 0 Å². The quantitative estimate of drug-likeness (QED) is 0.840. The standard InChI is InChI=1S/C14H19NO/c1-11-3-2-4-12(7-11)14(9-16-10-14)13(8-15)5-6-13/h2-4,7H,5-6,8-10,15H2,1H3. The van der Waals surface area contributed by atoms with Gasteiger partial charge in [-0.2, -0.15) is 0 Å². The van der Waals surface area contributed by atoms with Gasteiger partial charge in [0.1, 0.15) is 0 Å². The zero-order valence-electron chi connectivity index (χ0n) is 9.83. The summed E-state index contributed by atoms with van der Waals surface area (Å²) in [4.78, 5) is 0. The van der Waals surface area contributed by atoms with Crippen LogP contribution in [-0.4, -0.2) is 19.8 Å². The minimum absolute atomic E-state index is 0.216. The second kappa shape index (κ2) is 3.31. The highest BCUT2D eigenvalue weighted by molar-refractivity contribution is 5.37. The van der Waals surface area contributed by atoms with Crippen LogP contribution in [0, 0.1) is 12.3 Å². The van der Waals surface area contributed by atoms with Gasteiger partial charge in [0.05, 0.1) is 13.2 Å². The van der Waals surface area contributed by atoms with Crippen molar-refractivity contribution < 1.29 is 4.74 Å². The lowest BCUT2D eigenvalue weighted by molar-refractivity contribution is -0.0973. The Kier molecular flexibility index (Phi) is 2.13. The third kappa shape index (κ3) is 1.20. The lowest BCUT2D eigenvalue weighted by Crippen LogP contribution is -2.56. The number of benzene rings is 1. The molecule has 0 aromatic heterocycles. The highest BCUT2D eigenvalue weighted by atomic mass is 16.5. The fourth-order valence-electron chi connectivity index (χ4n) is 3.06. The summed E-state index contributed by atoms with van der Waals surface area (Å²) in [5.41, 5.74) is 9.29. The maximum Gasteiger partial charge on any atom is 0.0591 e. The van der Waals surface area contributed by atoms with Crippen LogP contribution in [0.25, 0.3) is 0 Å². The number of nitrogens with two attached hydrogens (primary N) is 1. The van der Waals surface area contributed by atoms with E-state index in [9.17, 15) is 0 Å². The SMILES string of the molecule is Cc1cccc(C2(C3(CN)CC3)COC2)c1. The Morgan fingerprint density at radius 2 is 2.06 bits per heavy atom. The molecule has 2 nitrogen and oxygen atoms in total. The molecule has 1 heterocycles. The van der Waals surface area contributed by atoms with Crippen LogP contribution in [0.2, 0.25) is 0 Å². The van der Waals surface area contributed by atoms with Gasteiger partial charge in [-0.1, -0.05) is 29.8 Å². The second-order valence-electron chi connectivity index (χ2n) is 5.43. The summed E-state index contributed by atoms with van der Waals surface area (Å²) >= 11 is 0. The van der Waals surface area contributed by atoms with Crippen molar-refractivity contribution in [3.63, 3.8) is 0 Å². The van der Waals surface area contributed by atoms with Gasteiger partial charge >= 0.3 is 0 Å². The van der Waals surface area contributed by atoms with Crippen LogP contribution >= 0.6 is 0 Å². The van der Waals surface area contributed by atoms with Gasteiger partial charge in [-0.05, 0) is 37.3 Å². The zero-order chi connectivity index (χ0) is 11.2. The lowest BCUT2D eigenvalue weighted by atomic mass is 9.66. The molecule has 1 saturated heterocycles. The van der Waals surface area contributed by atoms with Gasteiger partial charge in [-0.15, -0.1) is 0 Å². The Morgan fingerprint density at radius 3 is 2.50 bits per heavy atom. The minimum Gasteiger partial charge on any atom is -0.379 e. The lowest BCUT2D eigenvalue weighted by Gasteiger charge is -2.48. The first-order valence-electron chi connectivity index (χ1n) is 6.07. The Morgan fingerprint density at radius 1 is 1.31 bits per heavy atom. The molecular formula is C14H19NO. The number of aryl methyl sites for hydroxylation is 1. The largest absolute Gasteiger partial charge is 0.379 e. The first-order valence-corrected chi connectivity index (χ1v) is 6.07. The number of rotatable bonds is 3. The van der Waals surface area contributed by atoms with Gasteiger partial charge in [0.2, 0.25) is 0 Å². The topological polar surface area (TPSA) is 35.2 Å². The maximum atomic E-state index is 5.98. The molecule has 86 valence electrons. The zero-order valence-corrected chi connectivity index (χ0v) is 9.83. The van der Waals surface area contributed by atoms with Crippen molar-refractivity contribution in [3.8, 4) is 0 Å². The highest BCUT2D eigenvalue weighted by Crippen LogP contribution is 2.61. The smallest absolute Gasteiger partial charge is 0.0591 e. The van der Waals surface area contributed by atoms with E-state index in [1.165, 1.54) is 24.0 Å². The highest BCUT2D eigenvalue weighted by Gasteiger charge is 2.62. The summed E-state index contributed by atoms with van der Waals surface area (Å²) in [6, 6.07) is 8.85. The molecule has 1 aliphatic carbocycles. The van der Waals surface area contributed by atoms with E-state index >= 15 is 0 Å². The molecule has 0 amide bonds. The van der Waals surface area contributed by atoms with Crippen molar-refractivity contribution in [2.75, 3.05) is 19.8 Å². The van der Waals surface area contributed by atoms with Crippen molar-refractivity contribution in [2.24, 2.45) is 11.1 Å². The number of hydrogen-bond donors (Lipinski definition) is 1. The Balaban J connectivity index is 2.02. The van der Waals surface area contributed by atoms with E-state index in [4.69, 9.17) is 10.5 Å². The van der Waals surface area contributed by atoms with Crippen LogP contribution in [0.4, 0.5) is 0 Å². The van der Waals surface area contributed by atoms with Crippen molar-refractivity contribution in [2.45, 2.75) is 25.2 Å². The molecule has 1 aromatic rings. The van der Waals surface area contributed by atoms with E-state index in [2.05, 4.69) is 31.2 Å². The van der Waals surface area contributed by atoms with E-state index in [1.54, 1.807) is 0 Å². The molecular weight excluding hydrogens is 198 g/mol. The summed E-state index contributed by atoms with van der Waals surface area (Å²) in [6.07, 6.45) is 2.53. The summed E-state index contributed by atoms with van der Waals surface area (Å²) in [6.45, 7) is 4.66. The molecule has 0 unspecified atom stereocenters. The molecule has 16 heavy (non-hydrogen) atoms. The molecule has 2 N–H and O–H groups in total. The summed E-state index contributed by atoms with van der Waals surface area (Å²) in [5, 5.41) is 0. The maximum absolute atomic E-state index is 5.98. The average Bonchev–Trinajstić information content (AvgIpc) is 2.98. The van der Waals surface area contributed by atoms with Gasteiger partial charge in [-0.3, -0.25) is 0 Å². The van der Waals surface area contributed by atoms with Gasteiger partial charge in [0.15, 0.2) is 0 Å². The van der Waals surface area contributed by atoms with Crippen LogP contribution in [0.15, 0.2) is 24.3 Å². The first kappa shape index (κ1) is 10.3. The van der Waals surface area contributed by atoms with Crippen LogP contribution in [0.5, 0.6) is 0 Å². The molecule has 3 rings (SSSR count). The number of ether oxygens (including phenoxy) is 1.